The molecule has 3 atom stereocenters. The summed E-state index contributed by atoms with van der Waals surface area (Å²) in [5.74, 6) is 0. The Morgan fingerprint density at radius 1 is 0.800 bits per heavy atom. The third-order valence-electron chi connectivity index (χ3n) is 8.85. The van der Waals surface area contributed by atoms with Gasteiger partial charge in [0.05, 0.1) is 18.9 Å². The van der Waals surface area contributed by atoms with Gasteiger partial charge < -0.3 is 14.5 Å². The van der Waals surface area contributed by atoms with Gasteiger partial charge in [-0.15, -0.1) is 0 Å². The first-order valence-electron chi connectivity index (χ1n) is 17.1. The molecule has 0 aromatic heterocycles. The number of amides is 1. The Morgan fingerprint density at radius 2 is 1.27 bits per heavy atom. The second-order valence-electron chi connectivity index (χ2n) is 13.6. The molecule has 1 aliphatic heterocycles. The summed E-state index contributed by atoms with van der Waals surface area (Å²) in [5.41, 5.74) is 0. The maximum atomic E-state index is 12.6. The van der Waals surface area contributed by atoms with Crippen LogP contribution in [-0.4, -0.2) is 53.9 Å². The predicted molar refractivity (Wildman–Crippen MR) is 186 cm³/mol. The zero-order valence-corrected chi connectivity index (χ0v) is 30.1. The summed E-state index contributed by atoms with van der Waals surface area (Å²) in [6, 6.07) is 20.1. The Hall–Kier alpha value is -2.20. The molecule has 252 valence electrons. The first-order chi connectivity index (χ1) is 21.5. The van der Waals surface area contributed by atoms with E-state index >= 15 is 0 Å². The minimum Gasteiger partial charge on any atom is -0.441 e. The average molecular weight is 660 g/mol. The highest BCUT2D eigenvalue weighted by atomic mass is 32.2. The first kappa shape index (κ1) is 37.3. The maximum Gasteiger partial charge on any atom is 0.408 e. The van der Waals surface area contributed by atoms with Crippen molar-refractivity contribution in [1.29, 1.82) is 0 Å². The smallest absolute Gasteiger partial charge is 0.408 e. The van der Waals surface area contributed by atoms with Crippen molar-refractivity contribution in [2.75, 3.05) is 12.9 Å². The molecule has 3 rings (SSSR count). The van der Waals surface area contributed by atoms with Crippen LogP contribution < -0.4 is 15.7 Å². The average Bonchev–Trinajstić information content (AvgIpc) is 3.37. The number of benzene rings is 2. The summed E-state index contributed by atoms with van der Waals surface area (Å²) in [6.07, 6.45) is 14.0. The molecule has 0 bridgehead atoms. The van der Waals surface area contributed by atoms with E-state index < -0.39 is 42.8 Å². The van der Waals surface area contributed by atoms with E-state index in [1.807, 2.05) is 36.4 Å². The lowest BCUT2D eigenvalue weighted by Crippen LogP contribution is -2.67. The van der Waals surface area contributed by atoms with Gasteiger partial charge in [0.15, 0.2) is 6.10 Å². The number of carbonyl (C=O) groups is 1. The molecule has 1 saturated heterocycles. The van der Waals surface area contributed by atoms with Crippen LogP contribution in [-0.2, 0) is 23.5 Å². The number of hydrogen-bond acceptors (Lipinski definition) is 6. The minimum absolute atomic E-state index is 0.172. The molecule has 1 fully saturated rings. The van der Waals surface area contributed by atoms with E-state index in [1.54, 1.807) is 0 Å². The van der Waals surface area contributed by atoms with Crippen molar-refractivity contribution < 1.29 is 26.6 Å². The topological polar surface area (TPSA) is 90.9 Å². The molecule has 1 aliphatic rings. The van der Waals surface area contributed by atoms with Gasteiger partial charge in [0.2, 0.25) is 0 Å². The summed E-state index contributed by atoms with van der Waals surface area (Å²) >= 11 is 0. The van der Waals surface area contributed by atoms with Gasteiger partial charge in [0.1, 0.15) is 6.10 Å². The van der Waals surface area contributed by atoms with Crippen LogP contribution in [0.25, 0.3) is 0 Å². The van der Waals surface area contributed by atoms with Gasteiger partial charge in [-0.3, -0.25) is 4.18 Å². The molecule has 2 aromatic rings. The maximum absolute atomic E-state index is 12.6. The van der Waals surface area contributed by atoms with Gasteiger partial charge in [-0.2, -0.15) is 8.42 Å². The normalized spacial score (nSPS) is 18.0. The Bertz CT molecular complexity index is 1200. The number of nitrogens with one attached hydrogen (secondary N) is 1. The molecular weight excluding hydrogens is 603 g/mol. The number of rotatable bonds is 21. The Kier molecular flexibility index (Phi) is 15.1. The van der Waals surface area contributed by atoms with Crippen LogP contribution in [0.1, 0.15) is 111 Å². The van der Waals surface area contributed by atoms with Crippen molar-refractivity contribution in [3.63, 3.8) is 0 Å². The van der Waals surface area contributed by atoms with Crippen molar-refractivity contribution in [2.45, 2.75) is 134 Å². The molecule has 0 unspecified atom stereocenters. The lowest BCUT2D eigenvalue weighted by atomic mass is 10.00. The van der Waals surface area contributed by atoms with E-state index in [9.17, 15) is 13.2 Å². The fraction of sp³-hybridized carbons (Fsp3) is 0.639. The number of alkyl carbamates (subject to hydrolysis) is 1. The van der Waals surface area contributed by atoms with Crippen LogP contribution in [0.5, 0.6) is 0 Å². The standard InChI is InChI=1S/C36H57NO6SSi/c1-6-7-8-9-10-11-12-13-14-15-16-23-28-33(43-44(5,39)40)34-32(37-35(38)42-34)29-41-45(36(2,3)4,30-24-19-17-20-25-30)31-26-21-18-22-27-31/h17-22,24-27,32-34H,6-16,23,28-29H2,1-5H3,(H,37,38)/t32-,33+,34+/m0/s1. The summed E-state index contributed by atoms with van der Waals surface area (Å²) in [6.45, 7) is 9.01. The first-order valence-corrected chi connectivity index (χ1v) is 20.8. The van der Waals surface area contributed by atoms with Gasteiger partial charge in [-0.05, 0) is 21.8 Å². The molecule has 0 saturated carbocycles. The minimum atomic E-state index is -3.77. The van der Waals surface area contributed by atoms with Crippen LogP contribution in [0.2, 0.25) is 5.04 Å². The second-order valence-corrected chi connectivity index (χ2v) is 19.5. The Balaban J connectivity index is 1.67. The Labute approximate surface area is 274 Å². The molecule has 1 amide bonds. The van der Waals surface area contributed by atoms with Crippen LogP contribution in [0.15, 0.2) is 60.7 Å². The van der Waals surface area contributed by atoms with E-state index in [1.165, 1.54) is 57.8 Å². The van der Waals surface area contributed by atoms with Crippen LogP contribution >= 0.6 is 0 Å². The SMILES string of the molecule is CCCCCCCCCCCCCC[C@@H](OS(C)(=O)=O)[C@@H]1OC(=O)N[C@H]1CO[Si](c1ccccc1)(c1ccccc1)C(C)(C)C. The van der Waals surface area contributed by atoms with Gasteiger partial charge in [-0.25, -0.2) is 4.79 Å². The molecule has 0 aliphatic carbocycles. The second kappa shape index (κ2) is 18.2. The van der Waals surface area contributed by atoms with Gasteiger partial charge >= 0.3 is 6.09 Å². The van der Waals surface area contributed by atoms with E-state index in [-0.39, 0.29) is 11.6 Å². The van der Waals surface area contributed by atoms with Gasteiger partial charge in [0, 0.05) is 0 Å². The van der Waals surface area contributed by atoms with Crippen molar-refractivity contribution in [1.82, 2.24) is 5.32 Å². The molecule has 9 heteroatoms. The molecule has 0 radical (unpaired) electrons. The molecule has 7 nitrogen and oxygen atoms in total. The van der Waals surface area contributed by atoms with Crippen molar-refractivity contribution in [2.24, 2.45) is 0 Å². The largest absolute Gasteiger partial charge is 0.441 e. The van der Waals surface area contributed by atoms with Crippen molar-refractivity contribution in [3.05, 3.63) is 60.7 Å². The van der Waals surface area contributed by atoms with Crippen LogP contribution in [0.4, 0.5) is 4.79 Å². The zero-order chi connectivity index (χ0) is 32.8. The summed E-state index contributed by atoms with van der Waals surface area (Å²) in [4.78, 5) is 12.6. The monoisotopic (exact) mass is 659 g/mol. The van der Waals surface area contributed by atoms with Crippen molar-refractivity contribution >= 4 is 34.9 Å². The zero-order valence-electron chi connectivity index (χ0n) is 28.3. The molecule has 1 heterocycles. The quantitative estimate of drug-likeness (QED) is 0.0849. The Morgan fingerprint density at radius 3 is 1.71 bits per heavy atom. The summed E-state index contributed by atoms with van der Waals surface area (Å²) < 4.78 is 43.0. The number of cyclic esters (lactones) is 1. The highest BCUT2D eigenvalue weighted by Gasteiger charge is 2.52. The lowest BCUT2D eigenvalue weighted by Gasteiger charge is -2.43. The lowest BCUT2D eigenvalue weighted by molar-refractivity contribution is 0.0242. The third-order valence-corrected chi connectivity index (χ3v) is 14.4. The van der Waals surface area contributed by atoms with E-state index in [0.717, 1.165) is 35.9 Å². The molecule has 0 spiro atoms. The van der Waals surface area contributed by atoms with Gasteiger partial charge in [0.25, 0.3) is 18.4 Å². The summed E-state index contributed by atoms with van der Waals surface area (Å²) in [5, 5.41) is 4.92. The predicted octanol–water partition coefficient (Wildman–Crippen LogP) is 7.48. The number of unbranched alkanes of at least 4 members (excludes halogenated alkanes) is 11. The summed E-state index contributed by atoms with van der Waals surface area (Å²) in [7, 11) is -6.65. The van der Waals surface area contributed by atoms with Crippen LogP contribution in [0.3, 0.4) is 0 Å². The highest BCUT2D eigenvalue weighted by Crippen LogP contribution is 2.37. The van der Waals surface area contributed by atoms with Crippen LogP contribution in [0, 0.1) is 0 Å². The van der Waals surface area contributed by atoms with Gasteiger partial charge in [-0.1, -0.05) is 165 Å². The fourth-order valence-electron chi connectivity index (χ4n) is 6.60. The molecule has 45 heavy (non-hydrogen) atoms. The number of carbonyl (C=O) groups excluding carboxylic acids is 1. The van der Waals surface area contributed by atoms with E-state index in [0.29, 0.717) is 6.42 Å². The molecule has 1 N–H and O–H groups in total. The van der Waals surface area contributed by atoms with E-state index in [4.69, 9.17) is 13.3 Å². The van der Waals surface area contributed by atoms with Crippen molar-refractivity contribution in [3.8, 4) is 0 Å². The molecular formula is C36H57NO6SSi. The number of ether oxygens (including phenoxy) is 1. The highest BCUT2D eigenvalue weighted by molar-refractivity contribution is 7.86. The van der Waals surface area contributed by atoms with E-state index in [2.05, 4.69) is 57.3 Å². The third kappa shape index (κ3) is 11.5. The molecule has 2 aromatic carbocycles. The number of hydrogen-bond donors (Lipinski definition) is 1. The fourth-order valence-corrected chi connectivity index (χ4v) is 11.8.